The Kier molecular flexibility index (Phi) is 9.51. The lowest BCUT2D eigenvalue weighted by molar-refractivity contribution is 0.0695. The van der Waals surface area contributed by atoms with Gasteiger partial charge in [0.2, 0.25) is 0 Å². The molecule has 0 saturated carbocycles. The number of carboxylic acid groups (broad SMARTS) is 1. The molecule has 0 aliphatic carbocycles. The molecular formula is C26H28ClN3O3. The number of H-pyrrole nitrogens is 1. The second-order valence-corrected chi connectivity index (χ2v) is 7.13. The molecule has 2 heterocycles. The van der Waals surface area contributed by atoms with Gasteiger partial charge in [-0.3, -0.25) is 0 Å². The highest BCUT2D eigenvalue weighted by atomic mass is 35.5. The van der Waals surface area contributed by atoms with Crippen molar-refractivity contribution in [3.63, 3.8) is 0 Å². The molecular weight excluding hydrogens is 438 g/mol. The Morgan fingerprint density at radius 1 is 1.21 bits per heavy atom. The first-order valence-electron chi connectivity index (χ1n) is 10.4. The lowest BCUT2D eigenvalue weighted by Crippen LogP contribution is -2.00. The van der Waals surface area contributed by atoms with Gasteiger partial charge in [-0.1, -0.05) is 44.2 Å². The van der Waals surface area contributed by atoms with Crippen LogP contribution in [0.4, 0.5) is 0 Å². The maximum Gasteiger partial charge on any atom is 0.336 e. The molecule has 0 atom stereocenters. The predicted molar refractivity (Wildman–Crippen MR) is 134 cm³/mol. The SMILES string of the molecule is C=C/C(=C\c1cccn1C)c1ccnc(Oc2ccc(C)c(C(=O)O)c2)[nH]ccc1Cl.CC. The summed E-state index contributed by atoms with van der Waals surface area (Å²) in [5.41, 5.74) is 3.39. The van der Waals surface area contributed by atoms with Gasteiger partial charge in [0.05, 0.1) is 5.56 Å². The fraction of sp³-hybridized carbons (Fsp3) is 0.154. The molecule has 0 aliphatic rings. The number of hydrogen-bond acceptors (Lipinski definition) is 3. The van der Waals surface area contributed by atoms with Crippen molar-refractivity contribution in [1.82, 2.24) is 14.5 Å². The van der Waals surface area contributed by atoms with E-state index in [1.807, 2.05) is 49.9 Å². The summed E-state index contributed by atoms with van der Waals surface area (Å²) >= 11 is 6.52. The fourth-order valence-electron chi connectivity index (χ4n) is 2.90. The molecule has 2 N–H and O–H groups in total. The average molecular weight is 466 g/mol. The van der Waals surface area contributed by atoms with Crippen LogP contribution in [-0.2, 0) is 7.05 Å². The van der Waals surface area contributed by atoms with E-state index in [9.17, 15) is 9.90 Å². The van der Waals surface area contributed by atoms with Crippen molar-refractivity contribution in [3.8, 4) is 11.8 Å². The summed E-state index contributed by atoms with van der Waals surface area (Å²) in [4.78, 5) is 18.6. The minimum absolute atomic E-state index is 0.167. The van der Waals surface area contributed by atoms with Crippen molar-refractivity contribution in [1.29, 1.82) is 0 Å². The lowest BCUT2D eigenvalue weighted by Gasteiger charge is -2.06. The van der Waals surface area contributed by atoms with Crippen LogP contribution in [0.2, 0.25) is 5.02 Å². The molecule has 0 fully saturated rings. The van der Waals surface area contributed by atoms with Crippen molar-refractivity contribution >= 4 is 29.2 Å². The minimum Gasteiger partial charge on any atom is -0.478 e. The largest absolute Gasteiger partial charge is 0.478 e. The van der Waals surface area contributed by atoms with Crippen LogP contribution < -0.4 is 4.74 Å². The molecule has 0 unspecified atom stereocenters. The molecule has 0 amide bonds. The highest BCUT2D eigenvalue weighted by molar-refractivity contribution is 6.32. The summed E-state index contributed by atoms with van der Waals surface area (Å²) in [5.74, 6) is -0.667. The molecule has 7 heteroatoms. The van der Waals surface area contributed by atoms with E-state index in [0.29, 0.717) is 16.3 Å². The molecule has 3 rings (SSSR count). The number of aromatic nitrogens is 3. The molecule has 0 bridgehead atoms. The van der Waals surface area contributed by atoms with Crippen LogP contribution in [-0.4, -0.2) is 25.6 Å². The van der Waals surface area contributed by atoms with Gasteiger partial charge in [-0.05, 0) is 60.5 Å². The zero-order valence-electron chi connectivity index (χ0n) is 19.2. The zero-order valence-corrected chi connectivity index (χ0v) is 19.9. The monoisotopic (exact) mass is 465 g/mol. The molecule has 33 heavy (non-hydrogen) atoms. The number of rotatable bonds is 6. The Hall–Kier alpha value is -3.77. The van der Waals surface area contributed by atoms with Crippen molar-refractivity contribution in [2.45, 2.75) is 20.8 Å². The number of nitrogens with one attached hydrogen (secondary N) is 1. The number of halogens is 1. The number of ether oxygens (including phenoxy) is 1. The smallest absolute Gasteiger partial charge is 0.336 e. The number of aromatic carboxylic acids is 1. The third-order valence-electron chi connectivity index (χ3n) is 4.60. The molecule has 6 nitrogen and oxygen atoms in total. The number of aryl methyl sites for hydroxylation is 2. The normalized spacial score (nSPS) is 10.5. The maximum atomic E-state index is 11.4. The van der Waals surface area contributed by atoms with Crippen LogP contribution in [0, 0.1) is 6.92 Å². The Morgan fingerprint density at radius 2 is 1.97 bits per heavy atom. The summed E-state index contributed by atoms with van der Waals surface area (Å²) in [6.07, 6.45) is 8.83. The van der Waals surface area contributed by atoms with E-state index >= 15 is 0 Å². The molecule has 172 valence electrons. The number of carbonyl (C=O) groups is 1. The highest BCUT2D eigenvalue weighted by Crippen LogP contribution is 2.26. The van der Waals surface area contributed by atoms with Crippen LogP contribution in [0.25, 0.3) is 11.6 Å². The van der Waals surface area contributed by atoms with Crippen molar-refractivity contribution in [2.75, 3.05) is 0 Å². The van der Waals surface area contributed by atoms with Crippen LogP contribution >= 0.6 is 11.6 Å². The van der Waals surface area contributed by atoms with Crippen LogP contribution in [0.5, 0.6) is 11.8 Å². The first-order chi connectivity index (χ1) is 15.9. The number of benzene rings is 1. The van der Waals surface area contributed by atoms with Gasteiger partial charge in [-0.15, -0.1) is 0 Å². The summed E-state index contributed by atoms with van der Waals surface area (Å²) in [7, 11) is 1.96. The standard InChI is InChI=1S/C24H22ClN3O3.C2H6/c1-4-17(14-18-6-5-13-28(18)3)20-9-11-26-24(27-12-10-22(20)25)31-19-8-7-16(2)21(15-19)23(29)30;1-2/h4-15H,1H2,2-3H3,(H,26,27)(H,29,30);1-2H3/b11-9?,12-10?,17-14+,22-20?;. The number of carboxylic acids is 1. The molecule has 1 aromatic carbocycles. The molecule has 2 aromatic heterocycles. The van der Waals surface area contributed by atoms with Crippen LogP contribution in [0.3, 0.4) is 0 Å². The van der Waals surface area contributed by atoms with E-state index in [1.54, 1.807) is 49.7 Å². The number of hydrogen-bond donors (Lipinski definition) is 2. The van der Waals surface area contributed by atoms with E-state index in [-0.39, 0.29) is 11.6 Å². The van der Waals surface area contributed by atoms with E-state index in [4.69, 9.17) is 16.3 Å². The van der Waals surface area contributed by atoms with Gasteiger partial charge < -0.3 is 19.4 Å². The Balaban J connectivity index is 0.00000187. The van der Waals surface area contributed by atoms with E-state index < -0.39 is 5.97 Å². The zero-order chi connectivity index (χ0) is 24.4. The van der Waals surface area contributed by atoms with Crippen molar-refractivity contribution < 1.29 is 14.6 Å². The number of aromatic amines is 1. The van der Waals surface area contributed by atoms with Gasteiger partial charge in [0.25, 0.3) is 6.01 Å². The highest BCUT2D eigenvalue weighted by Gasteiger charge is 2.09. The van der Waals surface area contributed by atoms with E-state index in [1.165, 1.54) is 6.07 Å². The maximum absolute atomic E-state index is 11.4. The predicted octanol–water partition coefficient (Wildman–Crippen LogP) is 7.08. The van der Waals surface area contributed by atoms with Gasteiger partial charge in [0, 0.05) is 41.9 Å². The Labute approximate surface area is 199 Å². The van der Waals surface area contributed by atoms with Crippen molar-refractivity contribution in [2.24, 2.45) is 7.05 Å². The topological polar surface area (TPSA) is 80.1 Å². The van der Waals surface area contributed by atoms with Gasteiger partial charge >= 0.3 is 5.97 Å². The Bertz CT molecular complexity index is 1210. The van der Waals surface area contributed by atoms with Crippen LogP contribution in [0.15, 0.2) is 73.7 Å². The summed E-state index contributed by atoms with van der Waals surface area (Å²) in [5, 5.41) is 9.79. The second kappa shape index (κ2) is 12.3. The van der Waals surface area contributed by atoms with Crippen LogP contribution in [0.1, 0.15) is 41.0 Å². The number of nitrogens with zero attached hydrogens (tertiary/aromatic N) is 2. The summed E-state index contributed by atoms with van der Waals surface area (Å²) in [6, 6.07) is 12.4. The van der Waals surface area contributed by atoms with Gasteiger partial charge in [-0.2, -0.15) is 0 Å². The summed E-state index contributed by atoms with van der Waals surface area (Å²) in [6.45, 7) is 9.63. The third-order valence-corrected chi connectivity index (χ3v) is 4.93. The van der Waals surface area contributed by atoms with Gasteiger partial charge in [0.1, 0.15) is 5.75 Å². The van der Waals surface area contributed by atoms with Gasteiger partial charge in [0.15, 0.2) is 0 Å². The van der Waals surface area contributed by atoms with Gasteiger partial charge in [-0.25, -0.2) is 9.78 Å². The van der Waals surface area contributed by atoms with E-state index in [0.717, 1.165) is 16.8 Å². The van der Waals surface area contributed by atoms with E-state index in [2.05, 4.69) is 16.5 Å². The number of allylic oxidation sites excluding steroid dienone is 2. The summed E-state index contributed by atoms with van der Waals surface area (Å²) < 4.78 is 7.72. The minimum atomic E-state index is -1.02. The average Bonchev–Trinajstić information content (AvgIpc) is 3.24. The quantitative estimate of drug-likeness (QED) is 0.381. The second-order valence-electron chi connectivity index (χ2n) is 6.72. The Morgan fingerprint density at radius 3 is 2.61 bits per heavy atom. The lowest BCUT2D eigenvalue weighted by atomic mass is 10.1. The first kappa shape index (κ1) is 25.5. The molecule has 0 spiro atoms. The molecule has 0 radical (unpaired) electrons. The first-order valence-corrected chi connectivity index (χ1v) is 10.8. The molecule has 0 aliphatic heterocycles. The third kappa shape index (κ3) is 6.85. The molecule has 3 aromatic rings. The fourth-order valence-corrected chi connectivity index (χ4v) is 3.13. The molecule has 0 saturated heterocycles. The van der Waals surface area contributed by atoms with Crippen molar-refractivity contribution in [3.05, 3.63) is 101 Å².